The zero-order valence-electron chi connectivity index (χ0n) is 8.97. The fourth-order valence-electron chi connectivity index (χ4n) is 1.57. The molecule has 0 aliphatic heterocycles. The molecule has 0 amide bonds. The van der Waals surface area contributed by atoms with Gasteiger partial charge in [0.05, 0.1) is 12.0 Å². The molecule has 2 aromatic rings. The highest BCUT2D eigenvalue weighted by molar-refractivity contribution is 5.18. The number of rotatable bonds is 3. The minimum atomic E-state index is -0.0441. The summed E-state index contributed by atoms with van der Waals surface area (Å²) in [5, 5.41) is 4.29. The second kappa shape index (κ2) is 3.90. The molecule has 4 heteroatoms. The van der Waals surface area contributed by atoms with Crippen molar-refractivity contribution < 1.29 is 4.42 Å². The van der Waals surface area contributed by atoms with E-state index in [-0.39, 0.29) is 6.04 Å². The smallest absolute Gasteiger partial charge is 0.101 e. The third-order valence-electron chi connectivity index (χ3n) is 2.38. The number of hydrogen-bond donors (Lipinski definition) is 1. The predicted molar refractivity (Wildman–Crippen MR) is 57.3 cm³/mol. The standard InChI is InChI=1S/C11H15N3O/c1-8-5-9(7-15-8)11(12)6-10-3-4-14(2)13-10/h3-5,7,11H,6,12H2,1-2H3. The molecule has 0 spiro atoms. The van der Waals surface area contributed by atoms with E-state index in [2.05, 4.69) is 5.10 Å². The maximum Gasteiger partial charge on any atom is 0.101 e. The molecule has 2 rings (SSSR count). The molecule has 0 aliphatic rings. The van der Waals surface area contributed by atoms with Crippen LogP contribution in [-0.4, -0.2) is 9.78 Å². The molecule has 1 unspecified atom stereocenters. The summed E-state index contributed by atoms with van der Waals surface area (Å²) in [4.78, 5) is 0. The number of nitrogens with two attached hydrogens (primary N) is 1. The Kier molecular flexibility index (Phi) is 2.60. The molecule has 0 saturated heterocycles. The first kappa shape index (κ1) is 9.98. The van der Waals surface area contributed by atoms with Crippen molar-refractivity contribution >= 4 is 0 Å². The Labute approximate surface area is 88.7 Å². The Morgan fingerprint density at radius 3 is 2.93 bits per heavy atom. The van der Waals surface area contributed by atoms with E-state index < -0.39 is 0 Å². The van der Waals surface area contributed by atoms with Crippen LogP contribution in [0.1, 0.15) is 23.1 Å². The van der Waals surface area contributed by atoms with E-state index in [1.807, 2.05) is 32.3 Å². The lowest BCUT2D eigenvalue weighted by molar-refractivity contribution is 0.528. The monoisotopic (exact) mass is 205 g/mol. The van der Waals surface area contributed by atoms with Crippen molar-refractivity contribution in [1.29, 1.82) is 0 Å². The van der Waals surface area contributed by atoms with Crippen molar-refractivity contribution in [1.82, 2.24) is 9.78 Å². The molecule has 15 heavy (non-hydrogen) atoms. The lowest BCUT2D eigenvalue weighted by Crippen LogP contribution is -2.13. The Bertz CT molecular complexity index is 444. The second-order valence-electron chi connectivity index (χ2n) is 3.78. The number of hydrogen-bond acceptors (Lipinski definition) is 3. The van der Waals surface area contributed by atoms with Gasteiger partial charge >= 0.3 is 0 Å². The second-order valence-corrected chi connectivity index (χ2v) is 3.78. The van der Waals surface area contributed by atoms with E-state index in [4.69, 9.17) is 10.2 Å². The van der Waals surface area contributed by atoms with Crippen molar-refractivity contribution in [2.24, 2.45) is 12.8 Å². The summed E-state index contributed by atoms with van der Waals surface area (Å²) < 4.78 is 7.00. The van der Waals surface area contributed by atoms with Crippen LogP contribution in [0.5, 0.6) is 0 Å². The van der Waals surface area contributed by atoms with Gasteiger partial charge in [-0.15, -0.1) is 0 Å². The van der Waals surface area contributed by atoms with E-state index in [1.54, 1.807) is 10.9 Å². The average molecular weight is 205 g/mol. The molecule has 0 aliphatic carbocycles. The molecular formula is C11H15N3O. The molecule has 4 nitrogen and oxygen atoms in total. The van der Waals surface area contributed by atoms with Gasteiger partial charge in [0.2, 0.25) is 0 Å². The molecule has 0 fully saturated rings. The number of aromatic nitrogens is 2. The van der Waals surface area contributed by atoms with E-state index in [1.165, 1.54) is 0 Å². The van der Waals surface area contributed by atoms with Crippen LogP contribution in [0.15, 0.2) is 29.0 Å². The first-order valence-corrected chi connectivity index (χ1v) is 4.94. The van der Waals surface area contributed by atoms with E-state index in [0.717, 1.165) is 23.4 Å². The van der Waals surface area contributed by atoms with E-state index >= 15 is 0 Å². The largest absolute Gasteiger partial charge is 0.469 e. The highest BCUT2D eigenvalue weighted by Gasteiger charge is 2.10. The topological polar surface area (TPSA) is 57.0 Å². The Balaban J connectivity index is 2.06. The lowest BCUT2D eigenvalue weighted by atomic mass is 10.1. The van der Waals surface area contributed by atoms with Gasteiger partial charge in [-0.25, -0.2) is 0 Å². The van der Waals surface area contributed by atoms with Crippen molar-refractivity contribution in [3.63, 3.8) is 0 Å². The van der Waals surface area contributed by atoms with E-state index in [9.17, 15) is 0 Å². The summed E-state index contributed by atoms with van der Waals surface area (Å²) in [6, 6.07) is 3.90. The zero-order valence-corrected chi connectivity index (χ0v) is 8.97. The number of aryl methyl sites for hydroxylation is 2. The number of furan rings is 1. The van der Waals surface area contributed by atoms with Crippen molar-refractivity contribution in [3.05, 3.63) is 41.6 Å². The van der Waals surface area contributed by atoms with Gasteiger partial charge in [0.1, 0.15) is 5.76 Å². The van der Waals surface area contributed by atoms with Gasteiger partial charge in [-0.05, 0) is 19.1 Å². The van der Waals surface area contributed by atoms with E-state index in [0.29, 0.717) is 0 Å². The molecular weight excluding hydrogens is 190 g/mol. The summed E-state index contributed by atoms with van der Waals surface area (Å²) in [6.45, 7) is 1.91. The summed E-state index contributed by atoms with van der Waals surface area (Å²) in [7, 11) is 1.90. The summed E-state index contributed by atoms with van der Waals surface area (Å²) >= 11 is 0. The average Bonchev–Trinajstić information content (AvgIpc) is 2.75. The van der Waals surface area contributed by atoms with Gasteiger partial charge in [0.15, 0.2) is 0 Å². The normalized spacial score (nSPS) is 13.0. The fourth-order valence-corrected chi connectivity index (χ4v) is 1.57. The molecule has 2 heterocycles. The maximum atomic E-state index is 6.04. The van der Waals surface area contributed by atoms with Crippen LogP contribution in [0, 0.1) is 6.92 Å². The fraction of sp³-hybridized carbons (Fsp3) is 0.364. The van der Waals surface area contributed by atoms with Crippen LogP contribution in [0.2, 0.25) is 0 Å². The molecule has 1 atom stereocenters. The minimum absolute atomic E-state index is 0.0441. The first-order chi connectivity index (χ1) is 7.15. The quantitative estimate of drug-likeness (QED) is 0.827. The van der Waals surface area contributed by atoms with Crippen LogP contribution in [0.25, 0.3) is 0 Å². The third-order valence-corrected chi connectivity index (χ3v) is 2.38. The SMILES string of the molecule is Cc1cc(C(N)Cc2ccn(C)n2)co1. The summed E-state index contributed by atoms with van der Waals surface area (Å²) in [5.74, 6) is 0.890. The summed E-state index contributed by atoms with van der Waals surface area (Å²) in [6.07, 6.45) is 4.37. The van der Waals surface area contributed by atoms with Crippen LogP contribution in [-0.2, 0) is 13.5 Å². The first-order valence-electron chi connectivity index (χ1n) is 4.94. The van der Waals surface area contributed by atoms with Gasteiger partial charge in [-0.1, -0.05) is 0 Å². The van der Waals surface area contributed by atoms with Crippen LogP contribution < -0.4 is 5.73 Å². The predicted octanol–water partition coefficient (Wildman–Crippen LogP) is 1.56. The van der Waals surface area contributed by atoms with Crippen LogP contribution in [0.3, 0.4) is 0 Å². The molecule has 2 N–H and O–H groups in total. The lowest BCUT2D eigenvalue weighted by Gasteiger charge is -2.06. The van der Waals surface area contributed by atoms with Crippen molar-refractivity contribution in [2.75, 3.05) is 0 Å². The Morgan fingerprint density at radius 1 is 1.60 bits per heavy atom. The minimum Gasteiger partial charge on any atom is -0.469 e. The van der Waals surface area contributed by atoms with Crippen molar-refractivity contribution in [2.45, 2.75) is 19.4 Å². The van der Waals surface area contributed by atoms with Gasteiger partial charge in [-0.3, -0.25) is 4.68 Å². The molecule has 0 aromatic carbocycles. The van der Waals surface area contributed by atoms with Crippen molar-refractivity contribution in [3.8, 4) is 0 Å². The Morgan fingerprint density at radius 2 is 2.40 bits per heavy atom. The van der Waals surface area contributed by atoms with Gasteiger partial charge in [0.25, 0.3) is 0 Å². The Hall–Kier alpha value is -1.55. The zero-order chi connectivity index (χ0) is 10.8. The van der Waals surface area contributed by atoms with Gasteiger partial charge < -0.3 is 10.2 Å². The summed E-state index contributed by atoms with van der Waals surface area (Å²) in [5.41, 5.74) is 8.07. The maximum absolute atomic E-state index is 6.04. The van der Waals surface area contributed by atoms with Gasteiger partial charge in [-0.2, -0.15) is 5.10 Å². The molecule has 2 aromatic heterocycles. The molecule has 80 valence electrons. The third kappa shape index (κ3) is 2.27. The van der Waals surface area contributed by atoms with Crippen LogP contribution >= 0.6 is 0 Å². The molecule has 0 radical (unpaired) electrons. The molecule has 0 bridgehead atoms. The number of nitrogens with zero attached hydrogens (tertiary/aromatic N) is 2. The van der Waals surface area contributed by atoms with Crippen LogP contribution in [0.4, 0.5) is 0 Å². The highest BCUT2D eigenvalue weighted by Crippen LogP contribution is 2.17. The highest BCUT2D eigenvalue weighted by atomic mass is 16.3. The van der Waals surface area contributed by atoms with Gasteiger partial charge in [0, 0.05) is 31.3 Å². The molecule has 0 saturated carbocycles.